The van der Waals surface area contributed by atoms with E-state index < -0.39 is 39.0 Å². The average Bonchev–Trinajstić information content (AvgIpc) is 3.15. The number of phosphoric ester groups is 1. The molecule has 0 aromatic carbocycles. The zero-order chi connectivity index (χ0) is 18.9. The summed E-state index contributed by atoms with van der Waals surface area (Å²) in [4.78, 5) is 21.5. The highest BCUT2D eigenvalue weighted by molar-refractivity contribution is 7.47. The molecular weight excluding hydrogens is 369 g/mol. The lowest BCUT2D eigenvalue weighted by Gasteiger charge is -2.17. The van der Waals surface area contributed by atoms with Crippen molar-refractivity contribution in [3.63, 3.8) is 0 Å². The number of nitrogens with two attached hydrogens (primary N) is 1. The van der Waals surface area contributed by atoms with Crippen molar-refractivity contribution in [3.8, 4) is 0 Å². The lowest BCUT2D eigenvalue weighted by atomic mass is 10.1. The van der Waals surface area contributed by atoms with Crippen molar-refractivity contribution in [1.29, 1.82) is 0 Å². The predicted molar refractivity (Wildman–Crippen MR) is 87.7 cm³/mol. The molecule has 26 heavy (non-hydrogen) atoms. The number of phosphoric acid groups is 1. The number of imidazole rings is 1. The monoisotopic (exact) mass is 389 g/mol. The van der Waals surface area contributed by atoms with Gasteiger partial charge in [-0.1, -0.05) is 6.92 Å². The first-order valence-corrected chi connectivity index (χ1v) is 9.40. The third kappa shape index (κ3) is 3.71. The lowest BCUT2D eigenvalue weighted by Crippen LogP contribution is -2.33. The highest BCUT2D eigenvalue weighted by Gasteiger charge is 2.45. The molecule has 13 heteroatoms. The zero-order valence-corrected chi connectivity index (χ0v) is 14.8. The first kappa shape index (κ1) is 19.1. The fourth-order valence-electron chi connectivity index (χ4n) is 2.56. The molecule has 3 rings (SSSR count). The molecule has 1 fully saturated rings. The van der Waals surface area contributed by atoms with Gasteiger partial charge in [-0.3, -0.25) is 13.6 Å². The third-order valence-electron chi connectivity index (χ3n) is 3.86. The maximum atomic E-state index is 11.7. The van der Waals surface area contributed by atoms with Crippen LogP contribution in [0.1, 0.15) is 19.6 Å². The van der Waals surface area contributed by atoms with Crippen LogP contribution >= 0.6 is 7.82 Å². The Morgan fingerprint density at radius 2 is 2.08 bits per heavy atom. The van der Waals surface area contributed by atoms with Gasteiger partial charge in [0.05, 0.1) is 19.5 Å². The van der Waals surface area contributed by atoms with Crippen molar-refractivity contribution in [2.24, 2.45) is 0 Å². The average molecular weight is 389 g/mol. The van der Waals surface area contributed by atoms with Gasteiger partial charge in [0.1, 0.15) is 30.2 Å². The molecule has 3 heterocycles. The van der Waals surface area contributed by atoms with Crippen molar-refractivity contribution < 1.29 is 33.5 Å². The lowest BCUT2D eigenvalue weighted by molar-refractivity contribution is -0.0514. The second-order valence-corrected chi connectivity index (χ2v) is 7.18. The minimum absolute atomic E-state index is 0.0509. The van der Waals surface area contributed by atoms with Crippen LogP contribution in [0.15, 0.2) is 12.7 Å². The summed E-state index contributed by atoms with van der Waals surface area (Å²) < 4.78 is 28.2. The van der Waals surface area contributed by atoms with Gasteiger partial charge >= 0.3 is 7.82 Å². The molecule has 144 valence electrons. The Labute approximate surface area is 148 Å². The zero-order valence-electron chi connectivity index (χ0n) is 13.9. The number of fused-ring (bicyclic) bond motifs is 1. The Morgan fingerprint density at radius 1 is 1.31 bits per heavy atom. The van der Waals surface area contributed by atoms with E-state index in [0.29, 0.717) is 17.6 Å². The summed E-state index contributed by atoms with van der Waals surface area (Å²) in [5.74, 6) is 0.163. The number of anilines is 1. The van der Waals surface area contributed by atoms with Crippen molar-refractivity contribution in [1.82, 2.24) is 19.5 Å². The Morgan fingerprint density at radius 3 is 2.81 bits per heavy atom. The molecule has 0 aliphatic carbocycles. The molecule has 12 nitrogen and oxygen atoms in total. The Kier molecular flexibility index (Phi) is 5.53. The molecule has 5 N–H and O–H groups in total. The molecule has 1 aliphatic heterocycles. The minimum atomic E-state index is -4.26. The van der Waals surface area contributed by atoms with Crippen LogP contribution in [0, 0.1) is 0 Å². The molecule has 0 radical (unpaired) electrons. The fraction of sp³-hybridized carbons (Fsp3) is 0.615. The normalized spacial score (nSPS) is 28.5. The van der Waals surface area contributed by atoms with E-state index in [9.17, 15) is 19.7 Å². The summed E-state index contributed by atoms with van der Waals surface area (Å²) in [7, 11) is -4.26. The summed E-state index contributed by atoms with van der Waals surface area (Å²) in [5, 5.41) is 20.5. The first-order chi connectivity index (χ1) is 12.3. The third-order valence-corrected chi connectivity index (χ3v) is 4.84. The summed E-state index contributed by atoms with van der Waals surface area (Å²) in [6.45, 7) is 1.38. The van der Waals surface area contributed by atoms with Crippen LogP contribution < -0.4 is 5.73 Å². The van der Waals surface area contributed by atoms with E-state index in [1.54, 1.807) is 6.92 Å². The second kappa shape index (κ2) is 7.53. The summed E-state index contributed by atoms with van der Waals surface area (Å²) in [6, 6.07) is 0. The largest absolute Gasteiger partial charge is 0.472 e. The van der Waals surface area contributed by atoms with Gasteiger partial charge in [-0.05, 0) is 6.42 Å². The van der Waals surface area contributed by atoms with Gasteiger partial charge in [-0.15, -0.1) is 0 Å². The van der Waals surface area contributed by atoms with E-state index >= 15 is 0 Å². The minimum Gasteiger partial charge on any atom is -0.387 e. The van der Waals surface area contributed by atoms with Gasteiger partial charge < -0.3 is 25.6 Å². The van der Waals surface area contributed by atoms with Crippen LogP contribution in [0.25, 0.3) is 11.2 Å². The van der Waals surface area contributed by atoms with Crippen molar-refractivity contribution >= 4 is 24.8 Å². The number of ether oxygens (including phenoxy) is 1. The summed E-state index contributed by atoms with van der Waals surface area (Å²) >= 11 is 0. The molecule has 2 aromatic rings. The first-order valence-electron chi connectivity index (χ1n) is 7.90. The maximum absolute atomic E-state index is 11.7. The SMILES string of the molecule is CCCOP(=O)(O)OCC1OC(n2cnc3c(N)ncnc32)C(O)C1O. The van der Waals surface area contributed by atoms with Crippen LogP contribution in [-0.2, 0) is 18.3 Å². The molecule has 0 spiro atoms. The van der Waals surface area contributed by atoms with Crippen LogP contribution in [0.2, 0.25) is 0 Å². The maximum Gasteiger partial charge on any atom is 0.472 e. The Balaban J connectivity index is 1.73. The topological polar surface area (TPSA) is 175 Å². The van der Waals surface area contributed by atoms with Crippen LogP contribution in [0.4, 0.5) is 5.82 Å². The highest BCUT2D eigenvalue weighted by Crippen LogP contribution is 2.44. The number of aliphatic hydroxyl groups excluding tert-OH is 2. The number of nitrogens with zero attached hydrogens (tertiary/aromatic N) is 4. The van der Waals surface area contributed by atoms with Gasteiger partial charge in [0.2, 0.25) is 0 Å². The van der Waals surface area contributed by atoms with Crippen LogP contribution in [0.3, 0.4) is 0 Å². The van der Waals surface area contributed by atoms with Gasteiger partial charge in [-0.2, -0.15) is 0 Å². The molecule has 5 atom stereocenters. The predicted octanol–water partition coefficient (Wildman–Crippen LogP) is -0.429. The molecule has 0 amide bonds. The number of aliphatic hydroxyl groups is 2. The number of nitrogen functional groups attached to an aromatic ring is 1. The molecule has 0 bridgehead atoms. The Hall–Kier alpha value is -1.66. The van der Waals surface area contributed by atoms with Crippen molar-refractivity contribution in [2.45, 2.75) is 37.9 Å². The van der Waals surface area contributed by atoms with E-state index in [0.717, 1.165) is 0 Å². The standard InChI is InChI=1S/C13H20N5O7P/c1-2-3-23-26(21,22)24-4-7-9(19)10(20)13(25-7)18-6-17-8-11(14)15-5-16-12(8)18/h5-7,9-10,13,19-20H,2-4H2,1H3,(H,21,22)(H2,14,15,16). The van der Waals surface area contributed by atoms with E-state index in [-0.39, 0.29) is 12.4 Å². The van der Waals surface area contributed by atoms with Crippen molar-refractivity contribution in [2.75, 3.05) is 18.9 Å². The van der Waals surface area contributed by atoms with E-state index in [1.807, 2.05) is 0 Å². The van der Waals surface area contributed by atoms with Gasteiger partial charge in [0.15, 0.2) is 17.7 Å². The molecular formula is C13H20N5O7P. The smallest absolute Gasteiger partial charge is 0.387 e. The van der Waals surface area contributed by atoms with E-state index in [1.165, 1.54) is 17.2 Å². The molecule has 1 aliphatic rings. The Bertz CT molecular complexity index is 817. The van der Waals surface area contributed by atoms with Crippen LogP contribution in [0.5, 0.6) is 0 Å². The van der Waals surface area contributed by atoms with Gasteiger partial charge in [-0.25, -0.2) is 19.5 Å². The fourth-order valence-corrected chi connectivity index (χ4v) is 3.39. The van der Waals surface area contributed by atoms with Gasteiger partial charge in [0, 0.05) is 0 Å². The number of hydrogen-bond donors (Lipinski definition) is 4. The number of hydrogen-bond acceptors (Lipinski definition) is 10. The quantitative estimate of drug-likeness (QED) is 0.452. The van der Waals surface area contributed by atoms with Crippen LogP contribution in [-0.4, -0.2) is 66.2 Å². The molecule has 0 saturated carbocycles. The number of rotatable bonds is 7. The van der Waals surface area contributed by atoms with E-state index in [2.05, 4.69) is 15.0 Å². The van der Waals surface area contributed by atoms with Crippen molar-refractivity contribution in [3.05, 3.63) is 12.7 Å². The van der Waals surface area contributed by atoms with Gasteiger partial charge in [0.25, 0.3) is 0 Å². The summed E-state index contributed by atoms with van der Waals surface area (Å²) in [6.07, 6.45) is -1.67. The number of aromatic nitrogens is 4. The molecule has 5 unspecified atom stereocenters. The molecule has 2 aromatic heterocycles. The highest BCUT2D eigenvalue weighted by atomic mass is 31.2. The summed E-state index contributed by atoms with van der Waals surface area (Å²) in [5.41, 5.74) is 6.36. The van der Waals surface area contributed by atoms with E-state index in [4.69, 9.17) is 19.5 Å². The second-order valence-electron chi connectivity index (χ2n) is 5.73. The molecule has 1 saturated heterocycles.